The fourth-order valence-corrected chi connectivity index (χ4v) is 2.64. The van der Waals surface area contributed by atoms with Gasteiger partial charge < -0.3 is 0 Å². The number of allylic oxidation sites excluding steroid dienone is 2. The van der Waals surface area contributed by atoms with Crippen LogP contribution in [0.15, 0.2) is 41.8 Å². The van der Waals surface area contributed by atoms with E-state index in [4.69, 9.17) is 0 Å². The Morgan fingerprint density at radius 1 is 1.29 bits per heavy atom. The average molecular weight is 294 g/mol. The molecule has 0 spiro atoms. The number of aromatic nitrogens is 2. The summed E-state index contributed by atoms with van der Waals surface area (Å²) in [4.78, 5) is 2.95. The van der Waals surface area contributed by atoms with Gasteiger partial charge in [0, 0.05) is 36.9 Å². The number of hydrogen-bond donors (Lipinski definition) is 0. The molecular formula is C13H16BrN3. The van der Waals surface area contributed by atoms with E-state index in [0.29, 0.717) is 4.83 Å². The van der Waals surface area contributed by atoms with Gasteiger partial charge in [-0.05, 0) is 23.6 Å². The van der Waals surface area contributed by atoms with Crippen molar-refractivity contribution in [3.8, 4) is 0 Å². The highest BCUT2D eigenvalue weighted by Gasteiger charge is 2.22. The minimum atomic E-state index is 0.499. The van der Waals surface area contributed by atoms with E-state index in [1.165, 1.54) is 24.2 Å². The van der Waals surface area contributed by atoms with Crippen LogP contribution in [-0.2, 0) is 6.54 Å². The molecule has 1 aliphatic heterocycles. The zero-order valence-electron chi connectivity index (χ0n) is 9.72. The summed E-state index contributed by atoms with van der Waals surface area (Å²) in [6.07, 6.45) is 9.65. The predicted molar refractivity (Wildman–Crippen MR) is 72.2 cm³/mol. The molecule has 3 nitrogen and oxygen atoms in total. The number of hydrogen-bond acceptors (Lipinski definition) is 2. The minimum absolute atomic E-state index is 0.499. The Morgan fingerprint density at radius 3 is 2.88 bits per heavy atom. The summed E-state index contributed by atoms with van der Waals surface area (Å²) >= 11 is 3.68. The normalized spacial score (nSPS) is 24.4. The maximum atomic E-state index is 4.28. The molecule has 0 bridgehead atoms. The van der Waals surface area contributed by atoms with Crippen LogP contribution >= 0.6 is 15.9 Å². The van der Waals surface area contributed by atoms with E-state index in [1.807, 2.05) is 23.1 Å². The van der Waals surface area contributed by atoms with Crippen molar-refractivity contribution in [3.05, 3.63) is 41.8 Å². The molecule has 3 rings (SSSR count). The van der Waals surface area contributed by atoms with Gasteiger partial charge in [-0.2, -0.15) is 5.10 Å². The van der Waals surface area contributed by atoms with Gasteiger partial charge in [0.05, 0.1) is 6.54 Å². The van der Waals surface area contributed by atoms with E-state index in [2.05, 4.69) is 38.1 Å². The summed E-state index contributed by atoms with van der Waals surface area (Å²) in [7, 11) is 0. The minimum Gasteiger partial charge on any atom is -0.297 e. The Kier molecular flexibility index (Phi) is 3.16. The summed E-state index contributed by atoms with van der Waals surface area (Å²) < 4.78 is 2.00. The second kappa shape index (κ2) is 4.78. The Morgan fingerprint density at radius 2 is 2.18 bits per heavy atom. The lowest BCUT2D eigenvalue weighted by atomic mass is 9.97. The van der Waals surface area contributed by atoms with Crippen LogP contribution in [0.4, 0.5) is 0 Å². The van der Waals surface area contributed by atoms with Gasteiger partial charge in [-0.25, -0.2) is 0 Å². The molecule has 0 amide bonds. The number of halogens is 1. The van der Waals surface area contributed by atoms with Crippen LogP contribution in [-0.4, -0.2) is 39.1 Å². The fourth-order valence-electron chi connectivity index (χ4n) is 2.14. The molecule has 1 atom stereocenters. The van der Waals surface area contributed by atoms with Crippen molar-refractivity contribution in [1.82, 2.24) is 14.7 Å². The third-order valence-electron chi connectivity index (χ3n) is 3.21. The van der Waals surface area contributed by atoms with E-state index < -0.39 is 0 Å². The van der Waals surface area contributed by atoms with Crippen molar-refractivity contribution in [2.45, 2.75) is 17.8 Å². The highest BCUT2D eigenvalue weighted by Crippen LogP contribution is 2.26. The molecule has 17 heavy (non-hydrogen) atoms. The first kappa shape index (κ1) is 11.2. The van der Waals surface area contributed by atoms with Crippen molar-refractivity contribution in [1.29, 1.82) is 0 Å². The molecule has 1 aromatic heterocycles. The SMILES string of the molecule is BrC1C=C(CN2CC2)C(Cn2cccn2)=CC1. The van der Waals surface area contributed by atoms with Crippen molar-refractivity contribution in [3.63, 3.8) is 0 Å². The van der Waals surface area contributed by atoms with Gasteiger partial charge in [-0.15, -0.1) is 0 Å². The van der Waals surface area contributed by atoms with E-state index in [0.717, 1.165) is 19.5 Å². The van der Waals surface area contributed by atoms with Crippen molar-refractivity contribution >= 4 is 15.9 Å². The third-order valence-corrected chi connectivity index (χ3v) is 3.85. The number of nitrogens with zero attached hydrogens (tertiary/aromatic N) is 3. The Labute approximate surface area is 110 Å². The first-order chi connectivity index (χ1) is 8.31. The molecular weight excluding hydrogens is 278 g/mol. The topological polar surface area (TPSA) is 20.8 Å². The Hall–Kier alpha value is -0.870. The van der Waals surface area contributed by atoms with Gasteiger partial charge >= 0.3 is 0 Å². The van der Waals surface area contributed by atoms with Gasteiger partial charge in [-0.1, -0.05) is 28.1 Å². The van der Waals surface area contributed by atoms with Crippen LogP contribution in [0.5, 0.6) is 0 Å². The first-order valence-corrected chi connectivity index (χ1v) is 6.97. The van der Waals surface area contributed by atoms with Gasteiger partial charge in [0.2, 0.25) is 0 Å². The smallest absolute Gasteiger partial charge is 0.0659 e. The summed E-state index contributed by atoms with van der Waals surface area (Å²) in [6.45, 7) is 4.49. The molecule has 1 fully saturated rings. The van der Waals surface area contributed by atoms with Crippen molar-refractivity contribution < 1.29 is 0 Å². The van der Waals surface area contributed by atoms with Crippen LogP contribution < -0.4 is 0 Å². The van der Waals surface area contributed by atoms with Crippen LogP contribution in [0, 0.1) is 0 Å². The molecule has 1 unspecified atom stereocenters. The van der Waals surface area contributed by atoms with Gasteiger partial charge in [0.1, 0.15) is 0 Å². The number of rotatable bonds is 4. The zero-order chi connectivity index (χ0) is 11.7. The molecule has 0 aromatic carbocycles. The molecule has 0 radical (unpaired) electrons. The summed E-state index contributed by atoms with van der Waals surface area (Å²) in [5.41, 5.74) is 2.89. The molecule has 1 aliphatic carbocycles. The summed E-state index contributed by atoms with van der Waals surface area (Å²) in [5.74, 6) is 0. The second-order valence-electron chi connectivity index (χ2n) is 4.65. The molecule has 2 aliphatic rings. The lowest BCUT2D eigenvalue weighted by molar-refractivity contribution is 0.594. The first-order valence-electron chi connectivity index (χ1n) is 6.05. The highest BCUT2D eigenvalue weighted by atomic mass is 79.9. The molecule has 1 saturated heterocycles. The van der Waals surface area contributed by atoms with Gasteiger partial charge in [0.15, 0.2) is 0 Å². The highest BCUT2D eigenvalue weighted by molar-refractivity contribution is 9.09. The van der Waals surface area contributed by atoms with E-state index in [9.17, 15) is 0 Å². The number of alkyl halides is 1. The lowest BCUT2D eigenvalue weighted by Crippen LogP contribution is -2.15. The van der Waals surface area contributed by atoms with E-state index >= 15 is 0 Å². The van der Waals surface area contributed by atoms with Crippen LogP contribution in [0.1, 0.15) is 6.42 Å². The van der Waals surface area contributed by atoms with Crippen molar-refractivity contribution in [2.75, 3.05) is 19.6 Å². The maximum Gasteiger partial charge on any atom is 0.0659 e. The zero-order valence-corrected chi connectivity index (χ0v) is 11.3. The summed E-state index contributed by atoms with van der Waals surface area (Å²) in [5, 5.41) is 4.28. The predicted octanol–water partition coefficient (Wildman–Crippen LogP) is 2.22. The van der Waals surface area contributed by atoms with E-state index in [1.54, 1.807) is 0 Å². The summed E-state index contributed by atoms with van der Waals surface area (Å²) in [6, 6.07) is 1.98. The van der Waals surface area contributed by atoms with Crippen LogP contribution in [0.25, 0.3) is 0 Å². The van der Waals surface area contributed by atoms with E-state index in [-0.39, 0.29) is 0 Å². The largest absolute Gasteiger partial charge is 0.297 e. The van der Waals surface area contributed by atoms with Gasteiger partial charge in [0.25, 0.3) is 0 Å². The lowest BCUT2D eigenvalue weighted by Gasteiger charge is -2.19. The maximum absolute atomic E-state index is 4.28. The molecule has 0 saturated carbocycles. The fraction of sp³-hybridized carbons (Fsp3) is 0.462. The van der Waals surface area contributed by atoms with Crippen LogP contribution in [0.2, 0.25) is 0 Å². The quantitative estimate of drug-likeness (QED) is 0.627. The van der Waals surface area contributed by atoms with Gasteiger partial charge in [-0.3, -0.25) is 9.58 Å². The molecule has 4 heteroatoms. The second-order valence-corrected chi connectivity index (χ2v) is 5.83. The molecule has 0 N–H and O–H groups in total. The molecule has 2 heterocycles. The third kappa shape index (κ3) is 2.87. The van der Waals surface area contributed by atoms with Crippen LogP contribution in [0.3, 0.4) is 0 Å². The Bertz CT molecular complexity index is 443. The van der Waals surface area contributed by atoms with Crippen molar-refractivity contribution in [2.24, 2.45) is 0 Å². The monoisotopic (exact) mass is 293 g/mol. The molecule has 90 valence electrons. The molecule has 1 aromatic rings. The standard InChI is InChI=1S/C13H16BrN3/c14-13-3-2-11(10-17-5-1-4-15-17)12(8-13)9-16-6-7-16/h1-2,4-5,8,13H,3,6-7,9-10H2. The Balaban J connectivity index is 1.74. The average Bonchev–Trinajstić information content (AvgIpc) is 2.97.